The molecule has 0 bridgehead atoms. The number of nitrogens with zero attached hydrogens (tertiary/aromatic N) is 1. The molecule has 0 aliphatic carbocycles. The predicted molar refractivity (Wildman–Crippen MR) is 64.1 cm³/mol. The Balaban J connectivity index is 2.27. The van der Waals surface area contributed by atoms with E-state index in [1.165, 1.54) is 12.7 Å². The molecule has 2 rings (SSSR count). The number of methoxy groups -OCH3 is 1. The SMILES string of the molecule is COC(O)c1cccc[n+]1Cc1ccccc1. The molecule has 0 aliphatic rings. The van der Waals surface area contributed by atoms with Crippen LogP contribution in [0.25, 0.3) is 0 Å². The van der Waals surface area contributed by atoms with Crippen LogP contribution in [0.15, 0.2) is 54.7 Å². The average Bonchev–Trinajstić information content (AvgIpc) is 2.40. The van der Waals surface area contributed by atoms with Crippen LogP contribution in [0.5, 0.6) is 0 Å². The van der Waals surface area contributed by atoms with Crippen molar-refractivity contribution in [2.45, 2.75) is 12.8 Å². The summed E-state index contributed by atoms with van der Waals surface area (Å²) < 4.78 is 6.92. The van der Waals surface area contributed by atoms with Gasteiger partial charge in [-0.2, -0.15) is 4.57 Å². The summed E-state index contributed by atoms with van der Waals surface area (Å²) >= 11 is 0. The number of hydrogen-bond acceptors (Lipinski definition) is 2. The lowest BCUT2D eigenvalue weighted by Gasteiger charge is -2.08. The minimum Gasteiger partial charge on any atom is -0.360 e. The van der Waals surface area contributed by atoms with Crippen LogP contribution in [-0.4, -0.2) is 12.2 Å². The monoisotopic (exact) mass is 230 g/mol. The van der Waals surface area contributed by atoms with Crippen LogP contribution in [0, 0.1) is 0 Å². The van der Waals surface area contributed by atoms with Gasteiger partial charge in [0.15, 0.2) is 12.7 Å². The Morgan fingerprint density at radius 1 is 1.12 bits per heavy atom. The zero-order valence-electron chi connectivity index (χ0n) is 9.78. The molecular weight excluding hydrogens is 214 g/mol. The second-order valence-corrected chi connectivity index (χ2v) is 3.83. The van der Waals surface area contributed by atoms with Gasteiger partial charge in [0.25, 0.3) is 0 Å². The minimum absolute atomic E-state index is 0.720. The number of ether oxygens (including phenoxy) is 1. The van der Waals surface area contributed by atoms with Gasteiger partial charge in [0.2, 0.25) is 12.0 Å². The molecule has 0 saturated heterocycles. The summed E-state index contributed by atoms with van der Waals surface area (Å²) in [5.41, 5.74) is 1.94. The largest absolute Gasteiger partial charge is 0.360 e. The van der Waals surface area contributed by atoms with Crippen molar-refractivity contribution < 1.29 is 14.4 Å². The highest BCUT2D eigenvalue weighted by Gasteiger charge is 2.18. The fourth-order valence-corrected chi connectivity index (χ4v) is 1.76. The lowest BCUT2D eigenvalue weighted by Crippen LogP contribution is -2.40. The Labute approximate surface area is 101 Å². The molecule has 3 heteroatoms. The van der Waals surface area contributed by atoms with Gasteiger partial charge >= 0.3 is 0 Å². The Morgan fingerprint density at radius 3 is 2.53 bits per heavy atom. The van der Waals surface area contributed by atoms with Gasteiger partial charge in [-0.15, -0.1) is 0 Å². The van der Waals surface area contributed by atoms with Gasteiger partial charge in [-0.05, 0) is 6.07 Å². The maximum Gasteiger partial charge on any atom is 0.242 e. The molecule has 0 spiro atoms. The Bertz CT molecular complexity index is 471. The van der Waals surface area contributed by atoms with Crippen molar-refractivity contribution in [3.8, 4) is 0 Å². The maximum atomic E-state index is 9.75. The van der Waals surface area contributed by atoms with E-state index in [0.717, 1.165) is 12.2 Å². The number of aromatic nitrogens is 1. The van der Waals surface area contributed by atoms with Crippen LogP contribution in [0.1, 0.15) is 17.5 Å². The van der Waals surface area contributed by atoms with Gasteiger partial charge in [-0.25, -0.2) is 0 Å². The molecule has 0 radical (unpaired) electrons. The van der Waals surface area contributed by atoms with E-state index >= 15 is 0 Å². The molecule has 3 nitrogen and oxygen atoms in total. The van der Waals surface area contributed by atoms with Crippen molar-refractivity contribution in [2.24, 2.45) is 0 Å². The summed E-state index contributed by atoms with van der Waals surface area (Å²) in [6.07, 6.45) is 1.05. The number of aliphatic hydroxyl groups is 1. The van der Waals surface area contributed by atoms with Crippen LogP contribution in [-0.2, 0) is 11.3 Å². The van der Waals surface area contributed by atoms with Gasteiger partial charge in [-0.1, -0.05) is 30.3 Å². The minimum atomic E-state index is -0.889. The fourth-order valence-electron chi connectivity index (χ4n) is 1.76. The van der Waals surface area contributed by atoms with Crippen molar-refractivity contribution in [3.63, 3.8) is 0 Å². The lowest BCUT2D eigenvalue weighted by atomic mass is 10.2. The molecule has 1 aromatic heterocycles. The standard InChI is InChI=1S/C14H16NO2/c1-17-14(16)13-9-5-6-10-15(13)11-12-7-3-2-4-8-12/h2-10,14,16H,11H2,1H3/q+1. The average molecular weight is 230 g/mol. The normalized spacial score (nSPS) is 12.4. The smallest absolute Gasteiger partial charge is 0.242 e. The number of pyridine rings is 1. The Kier molecular flexibility index (Phi) is 3.85. The van der Waals surface area contributed by atoms with Gasteiger partial charge in [-0.3, -0.25) is 0 Å². The number of hydrogen-bond donors (Lipinski definition) is 1. The van der Waals surface area contributed by atoms with Crippen molar-refractivity contribution >= 4 is 0 Å². The molecule has 0 amide bonds. The zero-order chi connectivity index (χ0) is 12.1. The van der Waals surface area contributed by atoms with Crippen molar-refractivity contribution in [1.82, 2.24) is 0 Å². The topological polar surface area (TPSA) is 33.3 Å². The van der Waals surface area contributed by atoms with Crippen LogP contribution in [0.3, 0.4) is 0 Å². The summed E-state index contributed by atoms with van der Waals surface area (Å²) in [5.74, 6) is 0. The van der Waals surface area contributed by atoms with E-state index < -0.39 is 6.29 Å². The van der Waals surface area contributed by atoms with Crippen LogP contribution in [0.4, 0.5) is 0 Å². The van der Waals surface area contributed by atoms with Crippen LogP contribution in [0.2, 0.25) is 0 Å². The molecule has 1 aromatic carbocycles. The molecule has 0 saturated carbocycles. The van der Waals surface area contributed by atoms with Gasteiger partial charge in [0, 0.05) is 24.8 Å². The summed E-state index contributed by atoms with van der Waals surface area (Å²) in [7, 11) is 1.49. The van der Waals surface area contributed by atoms with E-state index in [1.807, 2.05) is 47.2 Å². The molecule has 1 N–H and O–H groups in total. The van der Waals surface area contributed by atoms with Crippen molar-refractivity contribution in [2.75, 3.05) is 7.11 Å². The first-order valence-electron chi connectivity index (χ1n) is 5.54. The molecule has 2 aromatic rings. The van der Waals surface area contributed by atoms with E-state index in [0.29, 0.717) is 0 Å². The third kappa shape index (κ3) is 2.90. The van der Waals surface area contributed by atoms with E-state index in [9.17, 15) is 5.11 Å². The first kappa shape index (κ1) is 11.8. The predicted octanol–water partition coefficient (Wildman–Crippen LogP) is 1.66. The first-order valence-corrected chi connectivity index (χ1v) is 5.54. The van der Waals surface area contributed by atoms with E-state index in [4.69, 9.17) is 4.74 Å². The van der Waals surface area contributed by atoms with Gasteiger partial charge in [0.1, 0.15) is 0 Å². The number of aliphatic hydroxyl groups excluding tert-OH is 1. The highest BCUT2D eigenvalue weighted by Crippen LogP contribution is 2.08. The molecule has 0 fully saturated rings. The highest BCUT2D eigenvalue weighted by molar-refractivity contribution is 5.13. The van der Waals surface area contributed by atoms with Crippen molar-refractivity contribution in [1.29, 1.82) is 0 Å². The summed E-state index contributed by atoms with van der Waals surface area (Å²) in [4.78, 5) is 0. The lowest BCUT2D eigenvalue weighted by molar-refractivity contribution is -0.702. The van der Waals surface area contributed by atoms with Crippen molar-refractivity contribution in [3.05, 3.63) is 66.0 Å². The summed E-state index contributed by atoms with van der Waals surface area (Å²) in [5, 5.41) is 9.75. The van der Waals surface area contributed by atoms with Crippen LogP contribution < -0.4 is 4.57 Å². The fraction of sp³-hybridized carbons (Fsp3) is 0.214. The highest BCUT2D eigenvalue weighted by atomic mass is 16.6. The van der Waals surface area contributed by atoms with E-state index in [-0.39, 0.29) is 0 Å². The van der Waals surface area contributed by atoms with Gasteiger partial charge < -0.3 is 9.84 Å². The molecule has 17 heavy (non-hydrogen) atoms. The quantitative estimate of drug-likeness (QED) is 0.640. The zero-order valence-corrected chi connectivity index (χ0v) is 9.78. The Hall–Kier alpha value is -1.71. The number of rotatable bonds is 4. The van der Waals surface area contributed by atoms with E-state index in [2.05, 4.69) is 12.1 Å². The third-order valence-corrected chi connectivity index (χ3v) is 2.65. The number of benzene rings is 1. The molecule has 1 atom stereocenters. The Morgan fingerprint density at radius 2 is 1.82 bits per heavy atom. The molecule has 1 heterocycles. The maximum absolute atomic E-state index is 9.75. The van der Waals surface area contributed by atoms with E-state index in [1.54, 1.807) is 0 Å². The molecular formula is C14H16NO2+. The molecule has 0 aliphatic heterocycles. The molecule has 1 unspecified atom stereocenters. The molecule has 88 valence electrons. The third-order valence-electron chi connectivity index (χ3n) is 2.65. The first-order chi connectivity index (χ1) is 8.31. The second-order valence-electron chi connectivity index (χ2n) is 3.83. The summed E-state index contributed by atoms with van der Waals surface area (Å²) in [6, 6.07) is 15.8. The summed E-state index contributed by atoms with van der Waals surface area (Å²) in [6.45, 7) is 0.720. The second kappa shape index (κ2) is 5.57. The van der Waals surface area contributed by atoms with Crippen LogP contribution >= 0.6 is 0 Å². The van der Waals surface area contributed by atoms with Gasteiger partial charge in [0.05, 0.1) is 0 Å².